The maximum atomic E-state index is 12.4. The van der Waals surface area contributed by atoms with Gasteiger partial charge in [0.2, 0.25) is 6.79 Å². The van der Waals surface area contributed by atoms with Crippen molar-refractivity contribution in [1.82, 2.24) is 0 Å². The first-order valence-corrected chi connectivity index (χ1v) is 7.42. The SMILES string of the molecule is COCc1ccc(C(=O)Nc2cc3c(cc2C(C)=O)OCO3)cc1. The molecule has 1 aliphatic heterocycles. The molecule has 124 valence electrons. The minimum absolute atomic E-state index is 0.102. The van der Waals surface area contributed by atoms with Crippen LogP contribution in [0.2, 0.25) is 0 Å². The lowest BCUT2D eigenvalue weighted by molar-refractivity contribution is 0.101. The van der Waals surface area contributed by atoms with Crippen molar-refractivity contribution in [2.75, 3.05) is 19.2 Å². The van der Waals surface area contributed by atoms with Gasteiger partial charge in [-0.15, -0.1) is 0 Å². The van der Waals surface area contributed by atoms with E-state index in [0.717, 1.165) is 5.56 Å². The number of nitrogens with one attached hydrogen (secondary N) is 1. The molecule has 0 radical (unpaired) electrons. The lowest BCUT2D eigenvalue weighted by Crippen LogP contribution is -2.14. The first-order chi connectivity index (χ1) is 11.6. The molecule has 3 rings (SSSR count). The molecule has 0 fully saturated rings. The van der Waals surface area contributed by atoms with E-state index in [1.165, 1.54) is 6.92 Å². The molecule has 2 aromatic carbocycles. The Morgan fingerprint density at radius 2 is 1.79 bits per heavy atom. The maximum Gasteiger partial charge on any atom is 0.255 e. The standard InChI is InChI=1S/C18H17NO5/c1-11(20)14-7-16-17(24-10-23-16)8-15(14)19-18(21)13-5-3-12(4-6-13)9-22-2/h3-8H,9-10H2,1-2H3,(H,19,21). The molecular weight excluding hydrogens is 310 g/mol. The lowest BCUT2D eigenvalue weighted by Gasteiger charge is -2.11. The van der Waals surface area contributed by atoms with Gasteiger partial charge in [-0.3, -0.25) is 9.59 Å². The highest BCUT2D eigenvalue weighted by molar-refractivity contribution is 6.09. The van der Waals surface area contributed by atoms with Gasteiger partial charge < -0.3 is 19.5 Å². The lowest BCUT2D eigenvalue weighted by atomic mass is 10.1. The zero-order valence-electron chi connectivity index (χ0n) is 13.4. The summed E-state index contributed by atoms with van der Waals surface area (Å²) in [6, 6.07) is 10.3. The molecule has 0 spiro atoms. The highest BCUT2D eigenvalue weighted by Crippen LogP contribution is 2.37. The quantitative estimate of drug-likeness (QED) is 0.855. The topological polar surface area (TPSA) is 73.9 Å². The largest absolute Gasteiger partial charge is 0.454 e. The Bertz CT molecular complexity index is 783. The molecule has 1 amide bonds. The Labute approximate surface area is 139 Å². The van der Waals surface area contributed by atoms with E-state index < -0.39 is 0 Å². The predicted octanol–water partition coefficient (Wildman–Crippen LogP) is 3.02. The third-order valence-corrected chi connectivity index (χ3v) is 3.67. The van der Waals surface area contributed by atoms with Gasteiger partial charge in [-0.1, -0.05) is 12.1 Å². The first kappa shape index (κ1) is 16.0. The van der Waals surface area contributed by atoms with E-state index in [1.807, 2.05) is 12.1 Å². The van der Waals surface area contributed by atoms with Crippen LogP contribution in [-0.4, -0.2) is 25.6 Å². The Hall–Kier alpha value is -2.86. The van der Waals surface area contributed by atoms with Crippen molar-refractivity contribution in [1.29, 1.82) is 0 Å². The summed E-state index contributed by atoms with van der Waals surface area (Å²) in [5.41, 5.74) is 2.24. The second-order valence-corrected chi connectivity index (χ2v) is 5.39. The van der Waals surface area contributed by atoms with Gasteiger partial charge in [0.1, 0.15) is 0 Å². The number of hydrogen-bond donors (Lipinski definition) is 1. The zero-order valence-corrected chi connectivity index (χ0v) is 13.4. The highest BCUT2D eigenvalue weighted by atomic mass is 16.7. The number of hydrogen-bond acceptors (Lipinski definition) is 5. The Balaban J connectivity index is 1.84. The number of ether oxygens (including phenoxy) is 3. The molecule has 6 nitrogen and oxygen atoms in total. The summed E-state index contributed by atoms with van der Waals surface area (Å²) in [5.74, 6) is 0.534. The average Bonchev–Trinajstić information content (AvgIpc) is 3.02. The van der Waals surface area contributed by atoms with Crippen LogP contribution in [0.5, 0.6) is 11.5 Å². The van der Waals surface area contributed by atoms with Crippen LogP contribution in [0.4, 0.5) is 5.69 Å². The van der Waals surface area contributed by atoms with Crippen LogP contribution >= 0.6 is 0 Å². The second kappa shape index (κ2) is 6.72. The third-order valence-electron chi connectivity index (χ3n) is 3.67. The van der Waals surface area contributed by atoms with Crippen molar-refractivity contribution in [2.45, 2.75) is 13.5 Å². The van der Waals surface area contributed by atoms with Gasteiger partial charge >= 0.3 is 0 Å². The highest BCUT2D eigenvalue weighted by Gasteiger charge is 2.20. The number of benzene rings is 2. The molecule has 0 saturated heterocycles. The van der Waals surface area contributed by atoms with Crippen LogP contribution in [0.3, 0.4) is 0 Å². The van der Waals surface area contributed by atoms with E-state index in [1.54, 1.807) is 31.4 Å². The molecule has 0 aliphatic carbocycles. The minimum Gasteiger partial charge on any atom is -0.454 e. The Kier molecular flexibility index (Phi) is 4.48. The van der Waals surface area contributed by atoms with Gasteiger partial charge in [-0.25, -0.2) is 0 Å². The molecule has 24 heavy (non-hydrogen) atoms. The van der Waals surface area contributed by atoms with Gasteiger partial charge in [0.25, 0.3) is 5.91 Å². The second-order valence-electron chi connectivity index (χ2n) is 5.39. The molecule has 1 N–H and O–H groups in total. The third kappa shape index (κ3) is 3.23. The number of amides is 1. The van der Waals surface area contributed by atoms with E-state index in [2.05, 4.69) is 5.32 Å². The van der Waals surface area contributed by atoms with Crippen molar-refractivity contribution in [3.63, 3.8) is 0 Å². The van der Waals surface area contributed by atoms with Crippen LogP contribution in [0.1, 0.15) is 33.2 Å². The molecule has 0 unspecified atom stereocenters. The average molecular weight is 327 g/mol. The Morgan fingerprint density at radius 3 is 2.42 bits per heavy atom. The fourth-order valence-electron chi connectivity index (χ4n) is 2.45. The number of methoxy groups -OCH3 is 1. The number of rotatable bonds is 5. The fraction of sp³-hybridized carbons (Fsp3) is 0.222. The van der Waals surface area contributed by atoms with Gasteiger partial charge in [0.05, 0.1) is 12.3 Å². The van der Waals surface area contributed by atoms with Crippen LogP contribution in [0.25, 0.3) is 0 Å². The molecule has 1 aliphatic rings. The molecule has 0 aromatic heterocycles. The van der Waals surface area contributed by atoms with E-state index >= 15 is 0 Å². The normalized spacial score (nSPS) is 12.1. The zero-order chi connectivity index (χ0) is 17.1. The summed E-state index contributed by atoms with van der Waals surface area (Å²) < 4.78 is 15.6. The summed E-state index contributed by atoms with van der Waals surface area (Å²) in [5, 5.41) is 2.76. The summed E-state index contributed by atoms with van der Waals surface area (Å²) >= 11 is 0. The number of anilines is 1. The monoisotopic (exact) mass is 327 g/mol. The maximum absolute atomic E-state index is 12.4. The van der Waals surface area contributed by atoms with Crippen LogP contribution in [0, 0.1) is 0 Å². The summed E-state index contributed by atoms with van der Waals surface area (Å²) in [4.78, 5) is 24.3. The van der Waals surface area contributed by atoms with E-state index in [4.69, 9.17) is 14.2 Å². The van der Waals surface area contributed by atoms with Gasteiger partial charge in [0, 0.05) is 24.3 Å². The molecule has 0 bridgehead atoms. The first-order valence-electron chi connectivity index (χ1n) is 7.42. The molecule has 0 atom stereocenters. The summed E-state index contributed by atoms with van der Waals surface area (Å²) in [6.45, 7) is 2.02. The molecular formula is C18H17NO5. The molecule has 0 saturated carbocycles. The molecule has 6 heteroatoms. The van der Waals surface area contributed by atoms with Crippen LogP contribution in [-0.2, 0) is 11.3 Å². The summed E-state index contributed by atoms with van der Waals surface area (Å²) in [7, 11) is 1.61. The van der Waals surface area contributed by atoms with Gasteiger partial charge in [-0.2, -0.15) is 0 Å². The smallest absolute Gasteiger partial charge is 0.255 e. The van der Waals surface area contributed by atoms with Crippen LogP contribution in [0.15, 0.2) is 36.4 Å². The van der Waals surface area contributed by atoms with Crippen molar-refractivity contribution < 1.29 is 23.8 Å². The van der Waals surface area contributed by atoms with Crippen molar-refractivity contribution in [3.8, 4) is 11.5 Å². The number of fused-ring (bicyclic) bond motifs is 1. The van der Waals surface area contributed by atoms with Crippen LogP contribution < -0.4 is 14.8 Å². The Morgan fingerprint density at radius 1 is 1.12 bits per heavy atom. The van der Waals surface area contributed by atoms with Crippen molar-refractivity contribution >= 4 is 17.4 Å². The van der Waals surface area contributed by atoms with E-state index in [-0.39, 0.29) is 18.5 Å². The summed E-state index contributed by atoms with van der Waals surface area (Å²) in [6.07, 6.45) is 0. The van der Waals surface area contributed by atoms with Gasteiger partial charge in [0.15, 0.2) is 17.3 Å². The number of ketones is 1. The number of Topliss-reactive ketones (excluding diaryl/α,β-unsaturated/α-hetero) is 1. The molecule has 2 aromatic rings. The fourth-order valence-corrected chi connectivity index (χ4v) is 2.45. The minimum atomic E-state index is -0.305. The molecule has 1 heterocycles. The van der Waals surface area contributed by atoms with Crippen molar-refractivity contribution in [3.05, 3.63) is 53.1 Å². The number of carbonyl (C=O) groups is 2. The van der Waals surface area contributed by atoms with Crippen molar-refractivity contribution in [2.24, 2.45) is 0 Å². The predicted molar refractivity (Wildman–Crippen MR) is 87.7 cm³/mol. The van der Waals surface area contributed by atoms with E-state index in [9.17, 15) is 9.59 Å². The van der Waals surface area contributed by atoms with Gasteiger partial charge in [-0.05, 0) is 30.7 Å². The number of carbonyl (C=O) groups excluding carboxylic acids is 2. The van der Waals surface area contributed by atoms with E-state index in [0.29, 0.717) is 34.9 Å².